The molecule has 1 aliphatic rings. The number of nitrogens with zero attached hydrogens (tertiary/aromatic N) is 1. The molecule has 1 aliphatic carbocycles. The quantitative estimate of drug-likeness (QED) is 0.852. The summed E-state index contributed by atoms with van der Waals surface area (Å²) in [5, 5.41) is 2.63. The second-order valence-corrected chi connectivity index (χ2v) is 9.79. The molecule has 6 nitrogen and oxygen atoms in total. The van der Waals surface area contributed by atoms with Gasteiger partial charge in [-0.3, -0.25) is 4.79 Å². The zero-order valence-corrected chi connectivity index (χ0v) is 15.1. The highest BCUT2D eigenvalue weighted by molar-refractivity contribution is 7.91. The minimum Gasteiger partial charge on any atom is -0.445 e. The molecule has 1 amide bonds. The maximum absolute atomic E-state index is 11.8. The monoisotopic (exact) mass is 342 g/mol. The number of nitrogens with one attached hydrogen (secondary N) is 1. The van der Waals surface area contributed by atoms with Gasteiger partial charge in [-0.1, -0.05) is 20.8 Å². The summed E-state index contributed by atoms with van der Waals surface area (Å²) in [4.78, 5) is 16.0. The van der Waals surface area contributed by atoms with Crippen LogP contribution in [0.25, 0.3) is 0 Å². The SMILES string of the molecule is CC(C)(C)c1cnc(CCC(=O)NCC2CC(S(C)(=O)=O)C2)o1. The van der Waals surface area contributed by atoms with Gasteiger partial charge in [-0.25, -0.2) is 13.4 Å². The van der Waals surface area contributed by atoms with Crippen LogP contribution in [0.5, 0.6) is 0 Å². The molecule has 0 radical (unpaired) electrons. The van der Waals surface area contributed by atoms with E-state index in [9.17, 15) is 13.2 Å². The van der Waals surface area contributed by atoms with E-state index < -0.39 is 9.84 Å². The molecule has 1 aromatic heterocycles. The van der Waals surface area contributed by atoms with E-state index in [0.29, 0.717) is 38.1 Å². The van der Waals surface area contributed by atoms with Crippen molar-refractivity contribution in [3.63, 3.8) is 0 Å². The number of aryl methyl sites for hydroxylation is 1. The molecule has 7 heteroatoms. The van der Waals surface area contributed by atoms with Crippen LogP contribution in [-0.4, -0.2) is 37.4 Å². The van der Waals surface area contributed by atoms with E-state index in [1.807, 2.05) is 20.8 Å². The van der Waals surface area contributed by atoms with Crippen molar-refractivity contribution < 1.29 is 17.6 Å². The van der Waals surface area contributed by atoms with Crippen molar-refractivity contribution in [1.29, 1.82) is 0 Å². The normalized spacial score (nSPS) is 21.7. The largest absolute Gasteiger partial charge is 0.445 e. The molecule has 23 heavy (non-hydrogen) atoms. The third kappa shape index (κ3) is 5.06. The van der Waals surface area contributed by atoms with Gasteiger partial charge in [-0.15, -0.1) is 0 Å². The van der Waals surface area contributed by atoms with Crippen LogP contribution in [0, 0.1) is 5.92 Å². The lowest BCUT2D eigenvalue weighted by Crippen LogP contribution is -2.41. The Morgan fingerprint density at radius 3 is 2.57 bits per heavy atom. The Labute approximate surface area is 138 Å². The number of sulfone groups is 1. The Bertz CT molecular complexity index is 652. The van der Waals surface area contributed by atoms with Gasteiger partial charge in [0.1, 0.15) is 15.6 Å². The van der Waals surface area contributed by atoms with Crippen LogP contribution >= 0.6 is 0 Å². The number of amides is 1. The van der Waals surface area contributed by atoms with Crippen LogP contribution in [0.4, 0.5) is 0 Å². The van der Waals surface area contributed by atoms with E-state index in [1.165, 1.54) is 6.26 Å². The Balaban J connectivity index is 1.67. The zero-order chi connectivity index (χ0) is 17.3. The highest BCUT2D eigenvalue weighted by Gasteiger charge is 2.36. The second-order valence-electron chi connectivity index (χ2n) is 7.46. The van der Waals surface area contributed by atoms with Crippen LogP contribution in [0.3, 0.4) is 0 Å². The fourth-order valence-corrected chi connectivity index (χ4v) is 3.77. The third-order valence-corrected chi connectivity index (χ3v) is 5.84. The van der Waals surface area contributed by atoms with Crippen molar-refractivity contribution in [2.24, 2.45) is 5.92 Å². The first-order valence-corrected chi connectivity index (χ1v) is 9.92. The summed E-state index contributed by atoms with van der Waals surface area (Å²) in [6.45, 7) is 6.69. The summed E-state index contributed by atoms with van der Waals surface area (Å²) in [7, 11) is -2.93. The molecule has 1 heterocycles. The highest BCUT2D eigenvalue weighted by atomic mass is 32.2. The molecule has 0 bridgehead atoms. The van der Waals surface area contributed by atoms with Gasteiger partial charge in [0.2, 0.25) is 5.91 Å². The maximum Gasteiger partial charge on any atom is 0.220 e. The molecule has 130 valence electrons. The van der Waals surface area contributed by atoms with Crippen molar-refractivity contribution in [3.05, 3.63) is 17.8 Å². The predicted molar refractivity (Wildman–Crippen MR) is 87.9 cm³/mol. The Morgan fingerprint density at radius 1 is 1.39 bits per heavy atom. The van der Waals surface area contributed by atoms with Crippen molar-refractivity contribution in [2.45, 2.75) is 57.1 Å². The van der Waals surface area contributed by atoms with Crippen LogP contribution in [-0.2, 0) is 26.5 Å². The molecule has 0 spiro atoms. The van der Waals surface area contributed by atoms with Gasteiger partial charge >= 0.3 is 0 Å². The fraction of sp³-hybridized carbons (Fsp3) is 0.750. The van der Waals surface area contributed by atoms with Gasteiger partial charge in [0, 0.05) is 31.1 Å². The van der Waals surface area contributed by atoms with Gasteiger partial charge in [0.05, 0.1) is 11.4 Å². The fourth-order valence-electron chi connectivity index (χ4n) is 2.53. The molecule has 1 aromatic rings. The Kier molecular flexibility index (Phi) is 5.18. The molecule has 0 aliphatic heterocycles. The van der Waals surface area contributed by atoms with Crippen molar-refractivity contribution >= 4 is 15.7 Å². The highest BCUT2D eigenvalue weighted by Crippen LogP contribution is 2.31. The minimum atomic E-state index is -2.93. The van der Waals surface area contributed by atoms with Gasteiger partial charge < -0.3 is 9.73 Å². The van der Waals surface area contributed by atoms with Crippen LogP contribution < -0.4 is 5.32 Å². The summed E-state index contributed by atoms with van der Waals surface area (Å²) in [6, 6.07) is 0. The van der Waals surface area contributed by atoms with E-state index in [2.05, 4.69) is 10.3 Å². The van der Waals surface area contributed by atoms with E-state index in [0.717, 1.165) is 5.76 Å². The van der Waals surface area contributed by atoms with E-state index in [1.54, 1.807) is 6.20 Å². The molecular weight excluding hydrogens is 316 g/mol. The number of hydrogen-bond acceptors (Lipinski definition) is 5. The average molecular weight is 342 g/mol. The predicted octanol–water partition coefficient (Wildman–Crippen LogP) is 1.84. The summed E-state index contributed by atoms with van der Waals surface area (Å²) in [6.07, 6.45) is 5.08. The van der Waals surface area contributed by atoms with Crippen molar-refractivity contribution in [2.75, 3.05) is 12.8 Å². The van der Waals surface area contributed by atoms with Crippen LogP contribution in [0.15, 0.2) is 10.6 Å². The first kappa shape index (κ1) is 18.0. The van der Waals surface area contributed by atoms with E-state index in [-0.39, 0.29) is 22.5 Å². The number of carbonyl (C=O) groups is 1. The van der Waals surface area contributed by atoms with E-state index >= 15 is 0 Å². The minimum absolute atomic E-state index is 0.0525. The average Bonchev–Trinajstić information content (AvgIpc) is 2.81. The van der Waals surface area contributed by atoms with Crippen LogP contribution in [0.2, 0.25) is 0 Å². The zero-order valence-electron chi connectivity index (χ0n) is 14.3. The van der Waals surface area contributed by atoms with E-state index in [4.69, 9.17) is 4.42 Å². The van der Waals surface area contributed by atoms with Crippen molar-refractivity contribution in [3.8, 4) is 0 Å². The lowest BCUT2D eigenvalue weighted by molar-refractivity contribution is -0.121. The molecular formula is C16H26N2O4S. The smallest absolute Gasteiger partial charge is 0.220 e. The molecule has 2 rings (SSSR count). The summed E-state index contributed by atoms with van der Waals surface area (Å²) >= 11 is 0. The van der Waals surface area contributed by atoms with Gasteiger partial charge in [-0.2, -0.15) is 0 Å². The first-order chi connectivity index (χ1) is 10.6. The maximum atomic E-state index is 11.8. The molecule has 1 saturated carbocycles. The third-order valence-electron chi connectivity index (χ3n) is 4.24. The number of carbonyl (C=O) groups excluding carboxylic acids is 1. The molecule has 0 aromatic carbocycles. The second kappa shape index (κ2) is 6.63. The molecule has 0 unspecified atom stereocenters. The van der Waals surface area contributed by atoms with Gasteiger partial charge in [-0.05, 0) is 18.8 Å². The number of oxazole rings is 1. The summed E-state index contributed by atoms with van der Waals surface area (Å²) in [5.74, 6) is 1.61. The standard InChI is InChI=1S/C16H26N2O4S/c1-16(2,3)13-10-18-15(22-13)6-5-14(19)17-9-11-7-12(8-11)23(4,20)21/h10-12H,5-9H2,1-4H3,(H,17,19). The lowest BCUT2D eigenvalue weighted by atomic mass is 9.85. The molecule has 0 atom stereocenters. The molecule has 0 saturated heterocycles. The Morgan fingerprint density at radius 2 is 2.04 bits per heavy atom. The van der Waals surface area contributed by atoms with Crippen LogP contribution in [0.1, 0.15) is 51.7 Å². The number of aromatic nitrogens is 1. The Hall–Kier alpha value is -1.37. The van der Waals surface area contributed by atoms with Crippen molar-refractivity contribution in [1.82, 2.24) is 10.3 Å². The van der Waals surface area contributed by atoms with Gasteiger partial charge in [0.15, 0.2) is 5.89 Å². The number of rotatable bonds is 6. The first-order valence-electron chi connectivity index (χ1n) is 7.96. The topological polar surface area (TPSA) is 89.3 Å². The molecule has 1 fully saturated rings. The number of hydrogen-bond donors (Lipinski definition) is 1. The molecule has 1 N–H and O–H groups in total. The summed E-state index contributed by atoms with van der Waals surface area (Å²) in [5.41, 5.74) is -0.0894. The summed E-state index contributed by atoms with van der Waals surface area (Å²) < 4.78 is 28.3. The lowest BCUT2D eigenvalue weighted by Gasteiger charge is -2.33. The van der Waals surface area contributed by atoms with Gasteiger partial charge in [0.25, 0.3) is 0 Å².